The van der Waals surface area contributed by atoms with E-state index in [-0.39, 0.29) is 17.0 Å². The molecule has 0 saturated carbocycles. The number of carbonyl (C=O) groups excluding carboxylic acids is 2. The fraction of sp³-hybridized carbons (Fsp3) is 0.120. The van der Waals surface area contributed by atoms with Gasteiger partial charge in [0.15, 0.2) is 11.5 Å². The van der Waals surface area contributed by atoms with Gasteiger partial charge in [-0.15, -0.1) is 0 Å². The molecule has 2 amide bonds. The SMILES string of the molecule is COc1ccc(C2=C(Nc3cccc(Cl)c3C)C(=O)N(c3ccc(F)cc3)C2=O)cc1OC. The van der Waals surface area contributed by atoms with Crippen LogP contribution in [-0.2, 0) is 9.59 Å². The van der Waals surface area contributed by atoms with E-state index in [1.54, 1.807) is 43.3 Å². The summed E-state index contributed by atoms with van der Waals surface area (Å²) in [5.74, 6) is -0.717. The van der Waals surface area contributed by atoms with Crippen molar-refractivity contribution in [2.75, 3.05) is 24.4 Å². The number of nitrogens with zero attached hydrogens (tertiary/aromatic N) is 1. The van der Waals surface area contributed by atoms with Crippen molar-refractivity contribution in [2.45, 2.75) is 6.92 Å². The molecule has 1 aliphatic heterocycles. The van der Waals surface area contributed by atoms with Gasteiger partial charge in [0.25, 0.3) is 11.8 Å². The summed E-state index contributed by atoms with van der Waals surface area (Å²) in [6.07, 6.45) is 0. The predicted molar refractivity (Wildman–Crippen MR) is 125 cm³/mol. The quantitative estimate of drug-likeness (QED) is 0.506. The molecule has 0 fully saturated rings. The van der Waals surface area contributed by atoms with Crippen molar-refractivity contribution >= 4 is 40.4 Å². The van der Waals surface area contributed by atoms with E-state index in [0.717, 1.165) is 10.5 Å². The Hall–Kier alpha value is -3.84. The summed E-state index contributed by atoms with van der Waals surface area (Å²) in [6, 6.07) is 15.3. The lowest BCUT2D eigenvalue weighted by molar-refractivity contribution is -0.120. The molecule has 0 radical (unpaired) electrons. The number of ether oxygens (including phenoxy) is 2. The fourth-order valence-corrected chi connectivity index (χ4v) is 3.78. The molecule has 6 nitrogen and oxygen atoms in total. The van der Waals surface area contributed by atoms with Crippen molar-refractivity contribution in [1.82, 2.24) is 0 Å². The highest BCUT2D eigenvalue weighted by atomic mass is 35.5. The first-order valence-electron chi connectivity index (χ1n) is 9.99. The van der Waals surface area contributed by atoms with Crippen LogP contribution in [-0.4, -0.2) is 26.0 Å². The third-order valence-electron chi connectivity index (χ3n) is 5.37. The molecule has 0 unspecified atom stereocenters. The largest absolute Gasteiger partial charge is 0.493 e. The Morgan fingerprint density at radius 2 is 1.61 bits per heavy atom. The average Bonchev–Trinajstić information content (AvgIpc) is 3.06. The lowest BCUT2D eigenvalue weighted by Crippen LogP contribution is -2.32. The zero-order chi connectivity index (χ0) is 23.7. The van der Waals surface area contributed by atoms with Gasteiger partial charge in [-0.25, -0.2) is 9.29 Å². The molecule has 1 N–H and O–H groups in total. The smallest absolute Gasteiger partial charge is 0.282 e. The maximum absolute atomic E-state index is 13.5. The van der Waals surface area contributed by atoms with Gasteiger partial charge in [0.05, 0.1) is 25.5 Å². The van der Waals surface area contributed by atoms with E-state index in [0.29, 0.717) is 27.8 Å². The van der Waals surface area contributed by atoms with Gasteiger partial charge in [-0.3, -0.25) is 9.59 Å². The minimum absolute atomic E-state index is 0.0712. The van der Waals surface area contributed by atoms with Crippen LogP contribution in [0.15, 0.2) is 66.4 Å². The van der Waals surface area contributed by atoms with Crippen LogP contribution in [0.2, 0.25) is 5.02 Å². The zero-order valence-corrected chi connectivity index (χ0v) is 18.9. The summed E-state index contributed by atoms with van der Waals surface area (Å²) in [7, 11) is 2.99. The van der Waals surface area contributed by atoms with Gasteiger partial charge in [0.2, 0.25) is 0 Å². The maximum Gasteiger partial charge on any atom is 0.282 e. The second-order valence-corrected chi connectivity index (χ2v) is 7.69. The summed E-state index contributed by atoms with van der Waals surface area (Å²) in [6.45, 7) is 1.81. The van der Waals surface area contributed by atoms with Crippen LogP contribution in [0.5, 0.6) is 11.5 Å². The molecule has 0 aromatic heterocycles. The van der Waals surface area contributed by atoms with E-state index in [2.05, 4.69) is 5.32 Å². The Bertz CT molecular complexity index is 1290. The number of imide groups is 1. The minimum Gasteiger partial charge on any atom is -0.493 e. The Labute approximate surface area is 195 Å². The normalized spacial score (nSPS) is 13.5. The van der Waals surface area contributed by atoms with Gasteiger partial charge >= 0.3 is 0 Å². The van der Waals surface area contributed by atoms with Crippen LogP contribution >= 0.6 is 11.6 Å². The van der Waals surface area contributed by atoms with E-state index in [1.807, 2.05) is 0 Å². The number of benzene rings is 3. The lowest BCUT2D eigenvalue weighted by atomic mass is 10.0. The molecule has 168 valence electrons. The number of methoxy groups -OCH3 is 2. The van der Waals surface area contributed by atoms with Crippen molar-refractivity contribution in [3.05, 3.63) is 88.3 Å². The zero-order valence-electron chi connectivity index (χ0n) is 18.1. The molecule has 0 atom stereocenters. The molecular weight excluding hydrogens is 447 g/mol. The van der Waals surface area contributed by atoms with Gasteiger partial charge in [0, 0.05) is 10.7 Å². The number of amides is 2. The number of anilines is 2. The Kier molecular flexibility index (Phi) is 6.07. The molecule has 1 heterocycles. The van der Waals surface area contributed by atoms with Crippen LogP contribution in [0.1, 0.15) is 11.1 Å². The summed E-state index contributed by atoms with van der Waals surface area (Å²) in [5.41, 5.74) is 2.23. The Morgan fingerprint density at radius 3 is 2.27 bits per heavy atom. The Morgan fingerprint density at radius 1 is 0.909 bits per heavy atom. The highest BCUT2D eigenvalue weighted by Crippen LogP contribution is 2.38. The second-order valence-electron chi connectivity index (χ2n) is 7.28. The third kappa shape index (κ3) is 4.03. The fourth-order valence-electron chi connectivity index (χ4n) is 3.61. The molecule has 1 aliphatic rings. The number of hydrogen-bond donors (Lipinski definition) is 1. The molecule has 3 aromatic carbocycles. The molecular formula is C25H20ClFN2O4. The Balaban J connectivity index is 1.87. The first-order chi connectivity index (χ1) is 15.8. The van der Waals surface area contributed by atoms with E-state index in [9.17, 15) is 14.0 Å². The molecule has 0 saturated heterocycles. The van der Waals surface area contributed by atoms with Crippen molar-refractivity contribution in [2.24, 2.45) is 0 Å². The van der Waals surface area contributed by atoms with Gasteiger partial charge < -0.3 is 14.8 Å². The highest BCUT2D eigenvalue weighted by molar-refractivity contribution is 6.46. The average molecular weight is 467 g/mol. The standard InChI is InChI=1S/C25H20ClFN2O4/c1-14-18(26)5-4-6-19(14)28-23-22(15-7-12-20(32-2)21(13-15)33-3)24(30)29(25(23)31)17-10-8-16(27)9-11-17/h4-13,28H,1-3H3. The lowest BCUT2D eigenvalue weighted by Gasteiger charge is -2.16. The molecule has 0 spiro atoms. The van der Waals surface area contributed by atoms with Crippen LogP contribution in [0, 0.1) is 12.7 Å². The summed E-state index contributed by atoms with van der Waals surface area (Å²) in [4.78, 5) is 28.0. The number of carbonyl (C=O) groups is 2. The molecule has 33 heavy (non-hydrogen) atoms. The molecule has 0 aliphatic carbocycles. The highest BCUT2D eigenvalue weighted by Gasteiger charge is 2.40. The molecule has 4 rings (SSSR count). The predicted octanol–water partition coefficient (Wildman–Crippen LogP) is 5.20. The first-order valence-corrected chi connectivity index (χ1v) is 10.4. The maximum atomic E-state index is 13.5. The molecule has 8 heteroatoms. The summed E-state index contributed by atoms with van der Waals surface area (Å²) < 4.78 is 24.1. The minimum atomic E-state index is -0.573. The monoisotopic (exact) mass is 466 g/mol. The van der Waals surface area contributed by atoms with E-state index >= 15 is 0 Å². The van der Waals surface area contributed by atoms with E-state index < -0.39 is 17.6 Å². The summed E-state index contributed by atoms with van der Waals surface area (Å²) in [5, 5.41) is 3.61. The van der Waals surface area contributed by atoms with Gasteiger partial charge in [-0.05, 0) is 66.6 Å². The van der Waals surface area contributed by atoms with Crippen molar-refractivity contribution in [1.29, 1.82) is 0 Å². The van der Waals surface area contributed by atoms with E-state index in [1.165, 1.54) is 38.5 Å². The van der Waals surface area contributed by atoms with Crippen LogP contribution in [0.4, 0.5) is 15.8 Å². The number of hydrogen-bond acceptors (Lipinski definition) is 5. The van der Waals surface area contributed by atoms with Crippen molar-refractivity contribution < 1.29 is 23.5 Å². The number of rotatable bonds is 6. The van der Waals surface area contributed by atoms with E-state index in [4.69, 9.17) is 21.1 Å². The first kappa shape index (κ1) is 22.4. The van der Waals surface area contributed by atoms with Crippen molar-refractivity contribution in [3.8, 4) is 11.5 Å². The van der Waals surface area contributed by atoms with Crippen molar-refractivity contribution in [3.63, 3.8) is 0 Å². The number of halogens is 2. The summed E-state index contributed by atoms with van der Waals surface area (Å²) >= 11 is 6.25. The van der Waals surface area contributed by atoms with Crippen LogP contribution < -0.4 is 19.7 Å². The topological polar surface area (TPSA) is 67.9 Å². The van der Waals surface area contributed by atoms with Crippen LogP contribution in [0.25, 0.3) is 5.57 Å². The third-order valence-corrected chi connectivity index (χ3v) is 5.78. The molecule has 0 bridgehead atoms. The second kappa shape index (κ2) is 8.96. The number of nitrogens with one attached hydrogen (secondary N) is 1. The van der Waals surface area contributed by atoms with Gasteiger partial charge in [-0.1, -0.05) is 23.7 Å². The van der Waals surface area contributed by atoms with Gasteiger partial charge in [-0.2, -0.15) is 0 Å². The van der Waals surface area contributed by atoms with Crippen LogP contribution in [0.3, 0.4) is 0 Å². The molecule has 3 aromatic rings. The van der Waals surface area contributed by atoms with Gasteiger partial charge in [0.1, 0.15) is 11.5 Å².